The molecular formula is C13H20N2O2. The number of nitrogens with two attached hydrogens (primary N) is 1. The predicted octanol–water partition coefficient (Wildman–Crippen LogP) is 1.96. The Morgan fingerprint density at radius 2 is 2.18 bits per heavy atom. The molecule has 0 aliphatic heterocycles. The van der Waals surface area contributed by atoms with Crippen molar-refractivity contribution in [1.82, 2.24) is 5.43 Å². The second-order valence-corrected chi connectivity index (χ2v) is 4.01. The van der Waals surface area contributed by atoms with Crippen molar-refractivity contribution in [1.29, 1.82) is 0 Å². The first-order valence-corrected chi connectivity index (χ1v) is 5.90. The molecule has 0 aliphatic carbocycles. The summed E-state index contributed by atoms with van der Waals surface area (Å²) in [5, 5.41) is 0. The molecule has 0 spiro atoms. The lowest BCUT2D eigenvalue weighted by Gasteiger charge is -2.15. The van der Waals surface area contributed by atoms with E-state index in [0.717, 1.165) is 12.2 Å². The lowest BCUT2D eigenvalue weighted by atomic mass is 9.98. The monoisotopic (exact) mass is 236 g/mol. The summed E-state index contributed by atoms with van der Waals surface area (Å²) in [6, 6.07) is 7.93. The lowest BCUT2D eigenvalue weighted by Crippen LogP contribution is -2.31. The molecule has 0 saturated carbocycles. The fourth-order valence-corrected chi connectivity index (χ4v) is 1.56. The van der Waals surface area contributed by atoms with Crippen molar-refractivity contribution in [2.24, 2.45) is 5.84 Å². The zero-order chi connectivity index (χ0) is 12.7. The zero-order valence-electron chi connectivity index (χ0n) is 10.4. The van der Waals surface area contributed by atoms with Crippen LogP contribution in [0.4, 0.5) is 0 Å². The van der Waals surface area contributed by atoms with Gasteiger partial charge in [0.2, 0.25) is 5.91 Å². The van der Waals surface area contributed by atoms with Gasteiger partial charge < -0.3 is 4.74 Å². The molecule has 3 N–H and O–H groups in total. The molecule has 0 radical (unpaired) electrons. The molecule has 17 heavy (non-hydrogen) atoms. The summed E-state index contributed by atoms with van der Waals surface area (Å²) < 4.78 is 5.62. The number of ether oxygens (including phenoxy) is 1. The van der Waals surface area contributed by atoms with Crippen molar-refractivity contribution in [3.05, 3.63) is 29.8 Å². The van der Waals surface area contributed by atoms with Crippen LogP contribution in [0.1, 0.15) is 38.2 Å². The van der Waals surface area contributed by atoms with Crippen LogP contribution in [0.3, 0.4) is 0 Å². The minimum Gasteiger partial charge on any atom is -0.493 e. The van der Waals surface area contributed by atoms with Crippen molar-refractivity contribution in [2.45, 2.75) is 32.6 Å². The van der Waals surface area contributed by atoms with Crippen LogP contribution in [0, 0.1) is 0 Å². The molecule has 1 aromatic carbocycles. The maximum atomic E-state index is 11.0. The molecule has 0 fully saturated rings. The van der Waals surface area contributed by atoms with Gasteiger partial charge in [-0.25, -0.2) is 5.84 Å². The first-order chi connectivity index (χ1) is 8.19. The van der Waals surface area contributed by atoms with Crippen LogP contribution >= 0.6 is 0 Å². The van der Waals surface area contributed by atoms with Crippen LogP contribution in [-0.4, -0.2) is 12.5 Å². The third kappa shape index (κ3) is 4.07. The van der Waals surface area contributed by atoms with Crippen LogP contribution in [0.25, 0.3) is 0 Å². The fourth-order valence-electron chi connectivity index (χ4n) is 1.56. The second-order valence-electron chi connectivity index (χ2n) is 4.01. The van der Waals surface area contributed by atoms with Gasteiger partial charge >= 0.3 is 0 Å². The van der Waals surface area contributed by atoms with E-state index in [1.54, 1.807) is 0 Å². The van der Waals surface area contributed by atoms with E-state index in [1.165, 1.54) is 5.56 Å². The summed E-state index contributed by atoms with van der Waals surface area (Å²) in [4.78, 5) is 11.0. The molecule has 0 aliphatic rings. The van der Waals surface area contributed by atoms with Crippen molar-refractivity contribution in [3.63, 3.8) is 0 Å². The summed E-state index contributed by atoms with van der Waals surface area (Å²) in [5.41, 5.74) is 3.26. The van der Waals surface area contributed by atoms with Crippen LogP contribution in [0.2, 0.25) is 0 Å². The third-order valence-electron chi connectivity index (χ3n) is 2.81. The molecule has 4 heteroatoms. The standard InChI is InChI=1S/C13H20N2O2/c1-3-10(2)11-6-4-5-7-12(11)17-9-8-13(16)15-14/h4-7,10H,3,8-9,14H2,1-2H3,(H,15,16). The number of hydrazine groups is 1. The Balaban J connectivity index is 2.61. The van der Waals surface area contributed by atoms with Crippen LogP contribution < -0.4 is 16.0 Å². The van der Waals surface area contributed by atoms with Crippen molar-refractivity contribution in [2.75, 3.05) is 6.61 Å². The highest BCUT2D eigenvalue weighted by atomic mass is 16.5. The molecule has 94 valence electrons. The van der Waals surface area contributed by atoms with Crippen LogP contribution in [0.5, 0.6) is 5.75 Å². The maximum Gasteiger partial charge on any atom is 0.237 e. The van der Waals surface area contributed by atoms with Gasteiger partial charge in [0.25, 0.3) is 0 Å². The van der Waals surface area contributed by atoms with E-state index >= 15 is 0 Å². The Bertz CT molecular complexity index is 366. The Morgan fingerprint density at radius 3 is 2.82 bits per heavy atom. The molecule has 0 heterocycles. The van der Waals surface area contributed by atoms with Gasteiger partial charge in [-0.15, -0.1) is 0 Å². The average Bonchev–Trinajstić information content (AvgIpc) is 2.38. The van der Waals surface area contributed by atoms with Crippen molar-refractivity contribution >= 4 is 5.91 Å². The van der Waals surface area contributed by atoms with Crippen molar-refractivity contribution < 1.29 is 9.53 Å². The lowest BCUT2D eigenvalue weighted by molar-refractivity contribution is -0.121. The number of para-hydroxylation sites is 1. The molecule has 0 bridgehead atoms. The van der Waals surface area contributed by atoms with Gasteiger partial charge in [-0.3, -0.25) is 10.2 Å². The molecule has 1 aromatic rings. The Morgan fingerprint density at radius 1 is 1.47 bits per heavy atom. The van der Waals surface area contributed by atoms with Gasteiger partial charge in [-0.1, -0.05) is 32.0 Å². The van der Waals surface area contributed by atoms with E-state index in [9.17, 15) is 4.79 Å². The summed E-state index contributed by atoms with van der Waals surface area (Å²) in [7, 11) is 0. The summed E-state index contributed by atoms with van der Waals surface area (Å²) >= 11 is 0. The highest BCUT2D eigenvalue weighted by Crippen LogP contribution is 2.28. The fraction of sp³-hybridized carbons (Fsp3) is 0.462. The van der Waals surface area contributed by atoms with Gasteiger partial charge in [0.15, 0.2) is 0 Å². The Kier molecular flexibility index (Phi) is 5.49. The molecule has 1 atom stereocenters. The number of benzene rings is 1. The van der Waals surface area contributed by atoms with E-state index in [2.05, 4.69) is 25.3 Å². The predicted molar refractivity (Wildman–Crippen MR) is 67.6 cm³/mol. The Labute approximate surface area is 102 Å². The maximum absolute atomic E-state index is 11.0. The topological polar surface area (TPSA) is 64.3 Å². The van der Waals surface area contributed by atoms with E-state index in [-0.39, 0.29) is 12.3 Å². The van der Waals surface area contributed by atoms with Gasteiger partial charge in [-0.05, 0) is 24.0 Å². The number of nitrogens with one attached hydrogen (secondary N) is 1. The van der Waals surface area contributed by atoms with E-state index in [4.69, 9.17) is 10.6 Å². The first kappa shape index (κ1) is 13.5. The number of hydrogen-bond acceptors (Lipinski definition) is 3. The van der Waals surface area contributed by atoms with Crippen LogP contribution in [-0.2, 0) is 4.79 Å². The van der Waals surface area contributed by atoms with Crippen molar-refractivity contribution in [3.8, 4) is 5.75 Å². The third-order valence-corrected chi connectivity index (χ3v) is 2.81. The highest BCUT2D eigenvalue weighted by molar-refractivity contribution is 5.75. The summed E-state index contributed by atoms with van der Waals surface area (Å²) in [6.45, 7) is 4.65. The molecule has 1 rings (SSSR count). The first-order valence-electron chi connectivity index (χ1n) is 5.90. The molecular weight excluding hydrogens is 216 g/mol. The average molecular weight is 236 g/mol. The second kappa shape index (κ2) is 6.91. The number of amides is 1. The highest BCUT2D eigenvalue weighted by Gasteiger charge is 2.09. The summed E-state index contributed by atoms with van der Waals surface area (Å²) in [5.74, 6) is 6.09. The smallest absolute Gasteiger partial charge is 0.237 e. The Hall–Kier alpha value is -1.55. The van der Waals surface area contributed by atoms with E-state index in [1.807, 2.05) is 18.2 Å². The summed E-state index contributed by atoms with van der Waals surface area (Å²) in [6.07, 6.45) is 1.33. The number of carbonyl (C=O) groups excluding carboxylic acids is 1. The molecule has 1 amide bonds. The molecule has 0 aromatic heterocycles. The number of hydrogen-bond donors (Lipinski definition) is 2. The molecule has 4 nitrogen and oxygen atoms in total. The van der Waals surface area contributed by atoms with Crippen LogP contribution in [0.15, 0.2) is 24.3 Å². The van der Waals surface area contributed by atoms with Gasteiger partial charge in [-0.2, -0.15) is 0 Å². The van der Waals surface area contributed by atoms with Gasteiger partial charge in [0.05, 0.1) is 13.0 Å². The molecule has 1 unspecified atom stereocenters. The normalized spacial score (nSPS) is 11.9. The van der Waals surface area contributed by atoms with E-state index in [0.29, 0.717) is 12.5 Å². The SMILES string of the molecule is CCC(C)c1ccccc1OCCC(=O)NN. The van der Waals surface area contributed by atoms with Gasteiger partial charge in [0, 0.05) is 0 Å². The largest absolute Gasteiger partial charge is 0.493 e. The minimum absolute atomic E-state index is 0.217. The minimum atomic E-state index is -0.217. The number of rotatable bonds is 6. The molecule has 0 saturated heterocycles. The van der Waals surface area contributed by atoms with Gasteiger partial charge in [0.1, 0.15) is 5.75 Å². The zero-order valence-corrected chi connectivity index (χ0v) is 10.4. The number of carbonyl (C=O) groups is 1. The van der Waals surface area contributed by atoms with E-state index < -0.39 is 0 Å². The quantitative estimate of drug-likeness (QED) is 0.451.